The summed E-state index contributed by atoms with van der Waals surface area (Å²) in [6.07, 6.45) is 2.32. The summed E-state index contributed by atoms with van der Waals surface area (Å²) in [6, 6.07) is 14.1. The van der Waals surface area contributed by atoms with Gasteiger partial charge in [0.15, 0.2) is 11.8 Å². The van der Waals surface area contributed by atoms with Crippen molar-refractivity contribution in [3.63, 3.8) is 0 Å². The van der Waals surface area contributed by atoms with Gasteiger partial charge in [-0.3, -0.25) is 9.98 Å². The molecule has 3 aromatic rings. The van der Waals surface area contributed by atoms with Crippen molar-refractivity contribution >= 4 is 29.9 Å². The summed E-state index contributed by atoms with van der Waals surface area (Å²) >= 11 is 0. The molecule has 0 spiro atoms. The first-order valence-electron chi connectivity index (χ1n) is 8.94. The van der Waals surface area contributed by atoms with Crippen molar-refractivity contribution in [3.05, 3.63) is 65.6 Å². The molecule has 1 aromatic carbocycles. The summed E-state index contributed by atoms with van der Waals surface area (Å²) in [5.41, 5.74) is 3.18. The highest BCUT2D eigenvalue weighted by Crippen LogP contribution is 2.16. The van der Waals surface area contributed by atoms with Gasteiger partial charge in [0.25, 0.3) is 5.89 Å². The largest absolute Gasteiger partial charge is 0.356 e. The summed E-state index contributed by atoms with van der Waals surface area (Å²) in [7, 11) is 1.76. The lowest BCUT2D eigenvalue weighted by molar-refractivity contribution is 0.421. The first kappa shape index (κ1) is 21.8. The zero-order valence-corrected chi connectivity index (χ0v) is 18.5. The fourth-order valence-electron chi connectivity index (χ4n) is 2.79. The molecule has 8 heteroatoms. The van der Waals surface area contributed by atoms with E-state index in [1.54, 1.807) is 13.2 Å². The minimum absolute atomic E-state index is 0. The minimum Gasteiger partial charge on any atom is -0.356 e. The van der Waals surface area contributed by atoms with E-state index in [1.165, 1.54) is 11.1 Å². The van der Waals surface area contributed by atoms with Gasteiger partial charge in [-0.15, -0.1) is 24.0 Å². The molecule has 0 bridgehead atoms. The molecule has 0 aliphatic heterocycles. The van der Waals surface area contributed by atoms with E-state index in [-0.39, 0.29) is 30.0 Å². The van der Waals surface area contributed by atoms with Crippen molar-refractivity contribution in [2.24, 2.45) is 4.99 Å². The lowest BCUT2D eigenvalue weighted by Crippen LogP contribution is -2.39. The van der Waals surface area contributed by atoms with E-state index < -0.39 is 0 Å². The molecule has 0 saturated heterocycles. The van der Waals surface area contributed by atoms with Crippen LogP contribution in [0.3, 0.4) is 0 Å². The SMILES string of the molecule is CN=C(NCCc1noc(-c2ccccn2)n1)NC(C)c1ccccc1C.I. The maximum absolute atomic E-state index is 5.27. The van der Waals surface area contributed by atoms with E-state index in [0.29, 0.717) is 30.4 Å². The number of hydrogen-bond acceptors (Lipinski definition) is 5. The second kappa shape index (κ2) is 10.7. The van der Waals surface area contributed by atoms with Crippen LogP contribution in [0.1, 0.15) is 29.9 Å². The molecule has 0 saturated carbocycles. The van der Waals surface area contributed by atoms with Gasteiger partial charge < -0.3 is 15.2 Å². The summed E-state index contributed by atoms with van der Waals surface area (Å²) in [4.78, 5) is 12.9. The Balaban J connectivity index is 0.00000280. The van der Waals surface area contributed by atoms with Crippen LogP contribution in [0.2, 0.25) is 0 Å². The zero-order chi connectivity index (χ0) is 19.1. The van der Waals surface area contributed by atoms with Gasteiger partial charge in [-0.2, -0.15) is 4.98 Å². The smallest absolute Gasteiger partial charge is 0.276 e. The lowest BCUT2D eigenvalue weighted by atomic mass is 10.0. The van der Waals surface area contributed by atoms with Crippen molar-refractivity contribution in [3.8, 4) is 11.6 Å². The average Bonchev–Trinajstić information content (AvgIpc) is 3.17. The van der Waals surface area contributed by atoms with Crippen molar-refractivity contribution in [1.29, 1.82) is 0 Å². The average molecular weight is 492 g/mol. The Hall–Kier alpha value is -2.49. The van der Waals surface area contributed by atoms with Gasteiger partial charge in [-0.1, -0.05) is 35.5 Å². The third-order valence-electron chi connectivity index (χ3n) is 4.22. The molecule has 2 N–H and O–H groups in total. The first-order valence-corrected chi connectivity index (χ1v) is 8.94. The fraction of sp³-hybridized carbons (Fsp3) is 0.300. The van der Waals surface area contributed by atoms with Crippen molar-refractivity contribution in [1.82, 2.24) is 25.8 Å². The molecule has 0 aliphatic rings. The number of guanidine groups is 1. The Morgan fingerprint density at radius 2 is 1.96 bits per heavy atom. The topological polar surface area (TPSA) is 88.2 Å². The number of rotatable bonds is 6. The van der Waals surface area contributed by atoms with Crippen LogP contribution >= 0.6 is 24.0 Å². The predicted molar refractivity (Wildman–Crippen MR) is 121 cm³/mol. The Morgan fingerprint density at radius 1 is 1.18 bits per heavy atom. The van der Waals surface area contributed by atoms with Crippen LogP contribution < -0.4 is 10.6 Å². The van der Waals surface area contributed by atoms with Crippen LogP contribution in [0, 0.1) is 6.92 Å². The molecule has 0 fully saturated rings. The zero-order valence-electron chi connectivity index (χ0n) is 16.2. The monoisotopic (exact) mass is 492 g/mol. The summed E-state index contributed by atoms with van der Waals surface area (Å²) in [5, 5.41) is 10.7. The molecule has 0 radical (unpaired) electrons. The van der Waals surface area contributed by atoms with E-state index in [1.807, 2.05) is 30.3 Å². The predicted octanol–water partition coefficient (Wildman–Crippen LogP) is 3.53. The van der Waals surface area contributed by atoms with E-state index >= 15 is 0 Å². The van der Waals surface area contributed by atoms with Crippen LogP contribution in [0.25, 0.3) is 11.6 Å². The van der Waals surface area contributed by atoms with Gasteiger partial charge in [0.1, 0.15) is 5.69 Å². The standard InChI is InChI=1S/C20H24N6O.HI/c1-14-8-4-5-9-16(14)15(2)24-20(21-3)23-13-11-18-25-19(27-26-18)17-10-6-7-12-22-17;/h4-10,12,15H,11,13H2,1-3H3,(H2,21,23,24);1H. The quantitative estimate of drug-likeness (QED) is 0.311. The number of aryl methyl sites for hydroxylation is 1. The number of hydrogen-bond donors (Lipinski definition) is 2. The lowest BCUT2D eigenvalue weighted by Gasteiger charge is -2.19. The second-order valence-electron chi connectivity index (χ2n) is 6.20. The minimum atomic E-state index is 0. The number of benzene rings is 1. The van der Waals surface area contributed by atoms with Crippen molar-refractivity contribution < 1.29 is 4.52 Å². The number of aromatic nitrogens is 3. The molecule has 148 valence electrons. The molecule has 28 heavy (non-hydrogen) atoms. The van der Waals surface area contributed by atoms with E-state index in [9.17, 15) is 0 Å². The fourth-order valence-corrected chi connectivity index (χ4v) is 2.79. The third kappa shape index (κ3) is 5.75. The molecule has 1 atom stereocenters. The van der Waals surface area contributed by atoms with Gasteiger partial charge in [0, 0.05) is 26.2 Å². The molecule has 0 aliphatic carbocycles. The Bertz CT molecular complexity index is 896. The van der Waals surface area contributed by atoms with Gasteiger partial charge in [-0.05, 0) is 37.1 Å². The molecule has 3 rings (SSSR count). The molecule has 1 unspecified atom stereocenters. The Kier molecular flexibility index (Phi) is 8.37. The van der Waals surface area contributed by atoms with Crippen LogP contribution in [0.5, 0.6) is 0 Å². The van der Waals surface area contributed by atoms with Gasteiger partial charge in [-0.25, -0.2) is 0 Å². The summed E-state index contributed by atoms with van der Waals surface area (Å²) in [6.45, 7) is 4.87. The van der Waals surface area contributed by atoms with E-state index in [4.69, 9.17) is 4.52 Å². The van der Waals surface area contributed by atoms with Crippen LogP contribution in [-0.4, -0.2) is 34.7 Å². The van der Waals surface area contributed by atoms with Crippen LogP contribution in [0.4, 0.5) is 0 Å². The number of nitrogens with one attached hydrogen (secondary N) is 2. The number of nitrogens with zero attached hydrogens (tertiary/aromatic N) is 4. The Labute approximate surface area is 182 Å². The number of aliphatic imine (C=N–C) groups is 1. The first-order chi connectivity index (χ1) is 13.2. The molecular formula is C20H25IN6O. The van der Waals surface area contributed by atoms with Crippen molar-refractivity contribution in [2.45, 2.75) is 26.3 Å². The molecule has 0 amide bonds. The molecule has 2 aromatic heterocycles. The van der Waals surface area contributed by atoms with Gasteiger partial charge >= 0.3 is 0 Å². The molecule has 2 heterocycles. The highest BCUT2D eigenvalue weighted by Gasteiger charge is 2.11. The highest BCUT2D eigenvalue weighted by molar-refractivity contribution is 14.0. The van der Waals surface area contributed by atoms with E-state index in [2.05, 4.69) is 56.7 Å². The van der Waals surface area contributed by atoms with Gasteiger partial charge in [0.2, 0.25) is 0 Å². The number of pyridine rings is 1. The maximum Gasteiger partial charge on any atom is 0.276 e. The molecular weight excluding hydrogens is 467 g/mol. The normalized spacial score (nSPS) is 12.2. The van der Waals surface area contributed by atoms with E-state index in [0.717, 1.165) is 5.96 Å². The third-order valence-corrected chi connectivity index (χ3v) is 4.22. The van der Waals surface area contributed by atoms with Crippen LogP contribution in [0.15, 0.2) is 58.2 Å². The second-order valence-corrected chi connectivity index (χ2v) is 6.20. The summed E-state index contributed by atoms with van der Waals surface area (Å²) in [5.74, 6) is 1.80. The maximum atomic E-state index is 5.27. The van der Waals surface area contributed by atoms with Gasteiger partial charge in [0.05, 0.1) is 6.04 Å². The van der Waals surface area contributed by atoms with Crippen LogP contribution in [-0.2, 0) is 6.42 Å². The van der Waals surface area contributed by atoms with Crippen molar-refractivity contribution in [2.75, 3.05) is 13.6 Å². The summed E-state index contributed by atoms with van der Waals surface area (Å²) < 4.78 is 5.27. The highest BCUT2D eigenvalue weighted by atomic mass is 127. The Morgan fingerprint density at radius 3 is 2.68 bits per heavy atom. The number of halogens is 1. The molecule has 7 nitrogen and oxygen atoms in total.